The van der Waals surface area contributed by atoms with Gasteiger partial charge in [-0.2, -0.15) is 0 Å². The Bertz CT molecular complexity index is 139. The van der Waals surface area contributed by atoms with E-state index < -0.39 is 0 Å². The molecule has 0 aromatic heterocycles. The Balaban J connectivity index is 3.09. The number of aliphatic hydroxyl groups excluding tert-OH is 1. The lowest BCUT2D eigenvalue weighted by Gasteiger charge is -2.12. The fraction of sp³-hybridized carbons (Fsp3) is 1.00. The Kier molecular flexibility index (Phi) is 13.8. The fourth-order valence-corrected chi connectivity index (χ4v) is 1.77. The highest BCUT2D eigenvalue weighted by molar-refractivity contribution is 4.52. The van der Waals surface area contributed by atoms with Crippen molar-refractivity contribution < 1.29 is 14.6 Å². The Hall–Kier alpha value is -0.120. The topological polar surface area (TPSA) is 38.7 Å². The number of rotatable bonds is 13. The van der Waals surface area contributed by atoms with Gasteiger partial charge in [0.05, 0.1) is 32.5 Å². The molecule has 0 rings (SSSR count). The molecule has 104 valence electrons. The molecule has 1 N–H and O–H groups in total. The second kappa shape index (κ2) is 13.9. The SMILES string of the molecule is CCCCCCCCC(C)OCCOCCO. The van der Waals surface area contributed by atoms with Gasteiger partial charge in [-0.05, 0) is 13.3 Å². The van der Waals surface area contributed by atoms with Crippen molar-refractivity contribution in [1.82, 2.24) is 0 Å². The smallest absolute Gasteiger partial charge is 0.0704 e. The van der Waals surface area contributed by atoms with Gasteiger partial charge in [-0.1, -0.05) is 45.4 Å². The lowest BCUT2D eigenvalue weighted by atomic mass is 10.1. The molecule has 0 fully saturated rings. The van der Waals surface area contributed by atoms with Gasteiger partial charge in [0, 0.05) is 0 Å². The summed E-state index contributed by atoms with van der Waals surface area (Å²) in [5.74, 6) is 0. The molecule has 0 amide bonds. The summed E-state index contributed by atoms with van der Waals surface area (Å²) >= 11 is 0. The number of aliphatic hydroxyl groups is 1. The number of unbranched alkanes of at least 4 members (excludes halogenated alkanes) is 5. The van der Waals surface area contributed by atoms with E-state index in [1.54, 1.807) is 0 Å². The molecule has 0 radical (unpaired) electrons. The maximum atomic E-state index is 8.51. The first-order chi connectivity index (χ1) is 8.31. The van der Waals surface area contributed by atoms with Crippen LogP contribution in [-0.2, 0) is 9.47 Å². The van der Waals surface area contributed by atoms with Crippen LogP contribution in [0.2, 0.25) is 0 Å². The van der Waals surface area contributed by atoms with Gasteiger partial charge in [0.15, 0.2) is 0 Å². The largest absolute Gasteiger partial charge is 0.394 e. The van der Waals surface area contributed by atoms with Crippen molar-refractivity contribution in [3.63, 3.8) is 0 Å². The normalized spacial score (nSPS) is 12.9. The summed E-state index contributed by atoms with van der Waals surface area (Å²) in [4.78, 5) is 0. The molecular formula is C14H30O3. The Morgan fingerprint density at radius 1 is 0.941 bits per heavy atom. The minimum atomic E-state index is 0.0906. The van der Waals surface area contributed by atoms with Crippen LogP contribution in [0.5, 0.6) is 0 Å². The molecule has 0 heterocycles. The van der Waals surface area contributed by atoms with Crippen LogP contribution in [-0.4, -0.2) is 37.6 Å². The van der Waals surface area contributed by atoms with E-state index in [0.29, 0.717) is 25.9 Å². The Morgan fingerprint density at radius 3 is 2.35 bits per heavy atom. The summed E-state index contributed by atoms with van der Waals surface area (Å²) in [6, 6.07) is 0. The molecule has 0 saturated heterocycles. The van der Waals surface area contributed by atoms with E-state index in [2.05, 4.69) is 13.8 Å². The van der Waals surface area contributed by atoms with Crippen LogP contribution in [0.15, 0.2) is 0 Å². The van der Waals surface area contributed by atoms with E-state index in [0.717, 1.165) is 6.42 Å². The van der Waals surface area contributed by atoms with Gasteiger partial charge in [-0.15, -0.1) is 0 Å². The van der Waals surface area contributed by atoms with Gasteiger partial charge in [0.1, 0.15) is 0 Å². The monoisotopic (exact) mass is 246 g/mol. The summed E-state index contributed by atoms with van der Waals surface area (Å²) in [7, 11) is 0. The average Bonchev–Trinajstić information content (AvgIpc) is 2.33. The average molecular weight is 246 g/mol. The molecule has 0 aromatic rings. The van der Waals surface area contributed by atoms with Crippen LogP contribution in [0.25, 0.3) is 0 Å². The van der Waals surface area contributed by atoms with E-state index in [9.17, 15) is 0 Å². The first-order valence-corrected chi connectivity index (χ1v) is 7.11. The standard InChI is InChI=1S/C14H30O3/c1-3-4-5-6-7-8-9-14(2)17-13-12-16-11-10-15/h14-15H,3-13H2,1-2H3. The molecule has 0 spiro atoms. The Morgan fingerprint density at radius 2 is 1.65 bits per heavy atom. The molecular weight excluding hydrogens is 216 g/mol. The summed E-state index contributed by atoms with van der Waals surface area (Å²) in [5, 5.41) is 8.51. The highest BCUT2D eigenvalue weighted by Gasteiger charge is 2.01. The zero-order chi connectivity index (χ0) is 12.8. The second-order valence-electron chi connectivity index (χ2n) is 4.57. The van der Waals surface area contributed by atoms with Crippen molar-refractivity contribution in [3.05, 3.63) is 0 Å². The third-order valence-electron chi connectivity index (χ3n) is 2.83. The highest BCUT2D eigenvalue weighted by Crippen LogP contribution is 2.09. The highest BCUT2D eigenvalue weighted by atomic mass is 16.5. The van der Waals surface area contributed by atoms with Crippen LogP contribution < -0.4 is 0 Å². The van der Waals surface area contributed by atoms with E-state index >= 15 is 0 Å². The summed E-state index contributed by atoms with van der Waals surface area (Å²) in [6.07, 6.45) is 9.49. The quantitative estimate of drug-likeness (QED) is 0.507. The van der Waals surface area contributed by atoms with Crippen LogP contribution >= 0.6 is 0 Å². The van der Waals surface area contributed by atoms with E-state index in [1.807, 2.05) is 0 Å². The lowest BCUT2D eigenvalue weighted by Crippen LogP contribution is -2.13. The van der Waals surface area contributed by atoms with Crippen molar-refractivity contribution in [3.8, 4) is 0 Å². The molecule has 0 aliphatic carbocycles. The third kappa shape index (κ3) is 13.8. The van der Waals surface area contributed by atoms with Crippen molar-refractivity contribution in [2.24, 2.45) is 0 Å². The molecule has 1 atom stereocenters. The summed E-state index contributed by atoms with van der Waals surface area (Å²) in [5.41, 5.74) is 0. The maximum Gasteiger partial charge on any atom is 0.0704 e. The van der Waals surface area contributed by atoms with E-state index in [-0.39, 0.29) is 6.61 Å². The fourth-order valence-electron chi connectivity index (χ4n) is 1.77. The maximum absolute atomic E-state index is 8.51. The molecule has 0 aliphatic heterocycles. The molecule has 3 heteroatoms. The van der Waals surface area contributed by atoms with Crippen molar-refractivity contribution >= 4 is 0 Å². The summed E-state index contributed by atoms with van der Waals surface area (Å²) < 4.78 is 10.7. The number of hydrogen-bond donors (Lipinski definition) is 1. The minimum absolute atomic E-state index is 0.0906. The van der Waals surface area contributed by atoms with Gasteiger partial charge in [0.2, 0.25) is 0 Å². The minimum Gasteiger partial charge on any atom is -0.394 e. The van der Waals surface area contributed by atoms with Crippen LogP contribution in [0, 0.1) is 0 Å². The van der Waals surface area contributed by atoms with Gasteiger partial charge < -0.3 is 14.6 Å². The first kappa shape index (κ1) is 16.9. The van der Waals surface area contributed by atoms with E-state index in [4.69, 9.17) is 14.6 Å². The van der Waals surface area contributed by atoms with Crippen molar-refractivity contribution in [1.29, 1.82) is 0 Å². The predicted octanol–water partition coefficient (Wildman–Crippen LogP) is 3.15. The van der Waals surface area contributed by atoms with Crippen molar-refractivity contribution in [2.45, 2.75) is 64.9 Å². The first-order valence-electron chi connectivity index (χ1n) is 7.11. The zero-order valence-electron chi connectivity index (χ0n) is 11.6. The summed E-state index contributed by atoms with van der Waals surface area (Å²) in [6.45, 7) is 6.09. The Labute approximate surface area is 107 Å². The van der Waals surface area contributed by atoms with Gasteiger partial charge in [-0.25, -0.2) is 0 Å². The predicted molar refractivity (Wildman–Crippen MR) is 71.3 cm³/mol. The number of hydrogen-bond acceptors (Lipinski definition) is 3. The molecule has 17 heavy (non-hydrogen) atoms. The lowest BCUT2D eigenvalue weighted by molar-refractivity contribution is 0.000783. The van der Waals surface area contributed by atoms with Crippen LogP contribution in [0.3, 0.4) is 0 Å². The molecule has 1 unspecified atom stereocenters. The second-order valence-corrected chi connectivity index (χ2v) is 4.57. The van der Waals surface area contributed by atoms with Crippen LogP contribution in [0.1, 0.15) is 58.8 Å². The molecule has 0 saturated carbocycles. The molecule has 0 aliphatic rings. The van der Waals surface area contributed by atoms with Crippen LogP contribution in [0.4, 0.5) is 0 Å². The zero-order valence-corrected chi connectivity index (χ0v) is 11.6. The molecule has 3 nitrogen and oxygen atoms in total. The molecule has 0 bridgehead atoms. The van der Waals surface area contributed by atoms with Gasteiger partial charge in [0.25, 0.3) is 0 Å². The third-order valence-corrected chi connectivity index (χ3v) is 2.83. The van der Waals surface area contributed by atoms with Crippen molar-refractivity contribution in [2.75, 3.05) is 26.4 Å². The molecule has 0 aromatic carbocycles. The van der Waals surface area contributed by atoms with Gasteiger partial charge in [-0.3, -0.25) is 0 Å². The number of ether oxygens (including phenoxy) is 2. The van der Waals surface area contributed by atoms with Gasteiger partial charge >= 0.3 is 0 Å². The van der Waals surface area contributed by atoms with E-state index in [1.165, 1.54) is 38.5 Å².